The molecule has 0 spiro atoms. The van der Waals surface area contributed by atoms with Crippen LogP contribution in [0.15, 0.2) is 58.9 Å². The van der Waals surface area contributed by atoms with Gasteiger partial charge in [0.15, 0.2) is 0 Å². The third kappa shape index (κ3) is 5.76. The van der Waals surface area contributed by atoms with Crippen molar-refractivity contribution >= 4 is 17.5 Å². The molecule has 0 aliphatic heterocycles. The van der Waals surface area contributed by atoms with E-state index in [4.69, 9.17) is 0 Å². The number of thioether (sulfide) groups is 1. The van der Waals surface area contributed by atoms with Gasteiger partial charge in [-0.15, -0.1) is 0 Å². The minimum Gasteiger partial charge on any atom is -0.411 e. The van der Waals surface area contributed by atoms with Crippen molar-refractivity contribution in [1.82, 2.24) is 4.98 Å². The third-order valence-electron chi connectivity index (χ3n) is 3.40. The maximum absolute atomic E-state index is 9.36. The van der Waals surface area contributed by atoms with Crippen LogP contribution >= 0.6 is 11.8 Å². The molecule has 0 amide bonds. The van der Waals surface area contributed by atoms with Gasteiger partial charge in [-0.1, -0.05) is 47.3 Å². The second-order valence-corrected chi connectivity index (χ2v) is 6.23. The highest BCUT2D eigenvalue weighted by Gasteiger charge is 2.18. The van der Waals surface area contributed by atoms with Gasteiger partial charge in [-0.25, -0.2) is 4.98 Å². The second-order valence-electron chi connectivity index (χ2n) is 5.00. The molecule has 0 aromatic carbocycles. The van der Waals surface area contributed by atoms with E-state index >= 15 is 0 Å². The smallest absolute Gasteiger partial charge is 0.0966 e. The normalized spacial score (nSPS) is 25.7. The van der Waals surface area contributed by atoms with E-state index in [9.17, 15) is 5.21 Å². The van der Waals surface area contributed by atoms with E-state index in [1.165, 1.54) is 0 Å². The van der Waals surface area contributed by atoms with E-state index in [0.29, 0.717) is 0 Å². The summed E-state index contributed by atoms with van der Waals surface area (Å²) in [5.41, 5.74) is 0.865. The van der Waals surface area contributed by atoms with Crippen molar-refractivity contribution in [2.75, 3.05) is 0 Å². The first-order chi connectivity index (χ1) is 10.4. The maximum Gasteiger partial charge on any atom is 0.0966 e. The summed E-state index contributed by atoms with van der Waals surface area (Å²) >= 11 is 1.69. The van der Waals surface area contributed by atoms with E-state index in [0.717, 1.165) is 49.3 Å². The zero-order valence-corrected chi connectivity index (χ0v) is 13.0. The summed E-state index contributed by atoms with van der Waals surface area (Å²) in [5, 5.41) is 14.1. The molecule has 1 aromatic rings. The van der Waals surface area contributed by atoms with Crippen molar-refractivity contribution in [3.8, 4) is 0 Å². The number of allylic oxidation sites excluding steroid dienone is 4. The second kappa shape index (κ2) is 9.40. The first kappa shape index (κ1) is 15.8. The summed E-state index contributed by atoms with van der Waals surface area (Å²) < 4.78 is 0. The highest BCUT2D eigenvalue weighted by Crippen LogP contribution is 2.27. The van der Waals surface area contributed by atoms with Crippen molar-refractivity contribution < 1.29 is 5.21 Å². The fourth-order valence-electron chi connectivity index (χ4n) is 2.27. The minimum absolute atomic E-state index is 0.183. The fourth-order valence-corrected chi connectivity index (χ4v) is 3.40. The predicted octanol–water partition coefficient (Wildman–Crippen LogP) is 4.84. The summed E-state index contributed by atoms with van der Waals surface area (Å²) in [6.45, 7) is 0. The third-order valence-corrected chi connectivity index (χ3v) is 4.67. The van der Waals surface area contributed by atoms with Crippen LogP contribution in [0.25, 0.3) is 0 Å². The molecule has 112 valence electrons. The van der Waals surface area contributed by atoms with Gasteiger partial charge in [0.25, 0.3) is 0 Å². The highest BCUT2D eigenvalue weighted by molar-refractivity contribution is 8.00. The lowest BCUT2D eigenvalue weighted by atomic mass is 10.1. The average molecular weight is 302 g/mol. The number of rotatable bonds is 2. The first-order valence-corrected chi connectivity index (χ1v) is 8.36. The van der Waals surface area contributed by atoms with E-state index in [-0.39, 0.29) is 5.25 Å². The van der Waals surface area contributed by atoms with Gasteiger partial charge in [0, 0.05) is 6.20 Å². The van der Waals surface area contributed by atoms with Gasteiger partial charge in [-0.3, -0.25) is 0 Å². The highest BCUT2D eigenvalue weighted by atomic mass is 32.2. The zero-order valence-electron chi connectivity index (χ0n) is 12.2. The number of aromatic nitrogens is 1. The van der Waals surface area contributed by atoms with Crippen molar-refractivity contribution in [1.29, 1.82) is 0 Å². The lowest BCUT2D eigenvalue weighted by molar-refractivity contribution is 0.316. The average Bonchev–Trinajstić information content (AvgIpc) is 2.51. The molecule has 4 heteroatoms. The lowest BCUT2D eigenvalue weighted by Gasteiger charge is -2.16. The van der Waals surface area contributed by atoms with E-state index in [1.807, 2.05) is 18.2 Å². The molecule has 1 atom stereocenters. The molecule has 1 heterocycles. The van der Waals surface area contributed by atoms with Crippen molar-refractivity contribution in [3.63, 3.8) is 0 Å². The Bertz CT molecular complexity index is 497. The van der Waals surface area contributed by atoms with Gasteiger partial charge in [-0.05, 0) is 50.7 Å². The molecule has 1 N–H and O–H groups in total. The summed E-state index contributed by atoms with van der Waals surface area (Å²) in [5.74, 6) is 0. The maximum atomic E-state index is 9.36. The van der Waals surface area contributed by atoms with Crippen molar-refractivity contribution in [3.05, 3.63) is 48.7 Å². The minimum atomic E-state index is 0.183. The zero-order chi connectivity index (χ0) is 14.8. The quantitative estimate of drug-likeness (QED) is 0.483. The molecule has 0 fully saturated rings. The number of pyridine rings is 1. The fraction of sp³-hybridized carbons (Fsp3) is 0.412. The number of oxime groups is 1. The predicted molar refractivity (Wildman–Crippen MR) is 89.1 cm³/mol. The van der Waals surface area contributed by atoms with Crippen LogP contribution in [0.5, 0.6) is 0 Å². The van der Waals surface area contributed by atoms with Gasteiger partial charge in [0.2, 0.25) is 0 Å². The van der Waals surface area contributed by atoms with Crippen molar-refractivity contribution in [2.24, 2.45) is 5.16 Å². The monoisotopic (exact) mass is 302 g/mol. The van der Waals surface area contributed by atoms with Crippen LogP contribution in [0.3, 0.4) is 0 Å². The molecule has 0 bridgehead atoms. The molecule has 0 unspecified atom stereocenters. The van der Waals surface area contributed by atoms with Gasteiger partial charge in [0.1, 0.15) is 0 Å². The molecule has 0 radical (unpaired) electrons. The SMILES string of the molecule is O/N=C1/CC/C=C/CC/C=C/CC[C@@H]1Sc1ccccn1. The largest absolute Gasteiger partial charge is 0.411 e. The summed E-state index contributed by atoms with van der Waals surface area (Å²) in [4.78, 5) is 4.37. The van der Waals surface area contributed by atoms with Gasteiger partial charge >= 0.3 is 0 Å². The van der Waals surface area contributed by atoms with Crippen LogP contribution in [-0.2, 0) is 0 Å². The Hall–Kier alpha value is -1.55. The molecule has 2 rings (SSSR count). The molecular formula is C17H22N2OS. The number of hydrogen-bond donors (Lipinski definition) is 1. The standard InChI is InChI=1S/C17H22N2OS/c20-19-15-11-7-5-3-1-2-4-6-8-12-16(15)21-17-13-9-10-14-18-17/h3-6,9-10,13-14,16,20H,1-2,7-8,11-12H2/b5-3+,6-4+,19-15-/t16-/m0/s1. The Balaban J connectivity index is 2.08. The molecule has 1 aliphatic carbocycles. The molecule has 1 aliphatic rings. The molecule has 0 saturated heterocycles. The van der Waals surface area contributed by atoms with Crippen LogP contribution in [0.1, 0.15) is 38.5 Å². The number of nitrogens with zero attached hydrogens (tertiary/aromatic N) is 2. The van der Waals surface area contributed by atoms with Crippen molar-refractivity contribution in [2.45, 2.75) is 48.8 Å². The van der Waals surface area contributed by atoms with Crippen LogP contribution in [0, 0.1) is 0 Å². The van der Waals surface area contributed by atoms with Crippen LogP contribution in [0.2, 0.25) is 0 Å². The van der Waals surface area contributed by atoms with Crippen LogP contribution < -0.4 is 0 Å². The van der Waals surface area contributed by atoms with Crippen LogP contribution in [0.4, 0.5) is 0 Å². The Morgan fingerprint density at radius 1 is 1.05 bits per heavy atom. The van der Waals surface area contributed by atoms with Gasteiger partial charge < -0.3 is 5.21 Å². The van der Waals surface area contributed by atoms with E-state index < -0.39 is 0 Å². The molecule has 21 heavy (non-hydrogen) atoms. The van der Waals surface area contributed by atoms with E-state index in [1.54, 1.807) is 18.0 Å². The Labute approximate surface area is 130 Å². The summed E-state index contributed by atoms with van der Waals surface area (Å²) in [6, 6.07) is 5.91. The number of hydrogen-bond acceptors (Lipinski definition) is 4. The van der Waals surface area contributed by atoms with E-state index in [2.05, 4.69) is 34.4 Å². The lowest BCUT2D eigenvalue weighted by Crippen LogP contribution is -2.17. The Morgan fingerprint density at radius 2 is 1.81 bits per heavy atom. The first-order valence-electron chi connectivity index (χ1n) is 7.48. The Morgan fingerprint density at radius 3 is 2.52 bits per heavy atom. The van der Waals surface area contributed by atoms with Gasteiger partial charge in [-0.2, -0.15) is 0 Å². The molecule has 3 nitrogen and oxygen atoms in total. The van der Waals surface area contributed by atoms with Crippen LogP contribution in [-0.4, -0.2) is 21.2 Å². The Kier molecular flexibility index (Phi) is 7.08. The van der Waals surface area contributed by atoms with Gasteiger partial charge in [0.05, 0.1) is 16.0 Å². The molecular weight excluding hydrogens is 280 g/mol. The molecule has 1 aromatic heterocycles. The molecule has 0 saturated carbocycles. The summed E-state index contributed by atoms with van der Waals surface area (Å²) in [7, 11) is 0. The topological polar surface area (TPSA) is 45.5 Å². The summed E-state index contributed by atoms with van der Waals surface area (Å²) in [6.07, 6.45) is 16.6.